The SMILES string of the molecule is CCCC(CCN1CCOCC1)S(=O)(=O)On1ccnc1. The summed E-state index contributed by atoms with van der Waals surface area (Å²) in [5, 5.41) is -0.493. The Morgan fingerprint density at radius 3 is 2.71 bits per heavy atom. The zero-order valence-corrected chi connectivity index (χ0v) is 13.2. The molecule has 1 aromatic rings. The summed E-state index contributed by atoms with van der Waals surface area (Å²) in [6.07, 6.45) is 6.27. The topological polar surface area (TPSA) is 73.7 Å². The number of aromatic nitrogens is 2. The molecule has 1 aliphatic rings. The standard InChI is InChI=1S/C13H23N3O4S/c1-2-3-13(4-6-15-8-10-19-11-9-15)21(17,18)20-16-7-5-14-12-16/h5,7,12-13H,2-4,6,8-11H2,1H3. The number of hydrogen-bond acceptors (Lipinski definition) is 6. The molecule has 0 N–H and O–H groups in total. The van der Waals surface area contributed by atoms with E-state index >= 15 is 0 Å². The van der Waals surface area contributed by atoms with Crippen LogP contribution in [0.15, 0.2) is 18.7 Å². The van der Waals surface area contributed by atoms with E-state index < -0.39 is 15.4 Å². The molecule has 1 saturated heterocycles. The Bertz CT molecular complexity index is 497. The average molecular weight is 317 g/mol. The molecule has 1 unspecified atom stereocenters. The molecule has 0 bridgehead atoms. The van der Waals surface area contributed by atoms with Crippen molar-refractivity contribution < 1.29 is 17.4 Å². The fourth-order valence-electron chi connectivity index (χ4n) is 2.38. The highest BCUT2D eigenvalue weighted by molar-refractivity contribution is 7.87. The monoisotopic (exact) mass is 317 g/mol. The molecule has 0 spiro atoms. The van der Waals surface area contributed by atoms with Crippen LogP contribution in [0.4, 0.5) is 0 Å². The predicted octanol–water partition coefficient (Wildman–Crippen LogP) is 0.533. The first kappa shape index (κ1) is 16.3. The van der Waals surface area contributed by atoms with Crippen LogP contribution in [0.25, 0.3) is 0 Å². The first-order valence-corrected chi connectivity index (χ1v) is 8.81. The smallest absolute Gasteiger partial charge is 0.330 e. The molecule has 0 amide bonds. The van der Waals surface area contributed by atoms with Crippen LogP contribution in [-0.4, -0.2) is 61.1 Å². The average Bonchev–Trinajstić information content (AvgIpc) is 2.96. The van der Waals surface area contributed by atoms with Gasteiger partial charge in [-0.3, -0.25) is 9.18 Å². The molecule has 7 nitrogen and oxygen atoms in total. The Morgan fingerprint density at radius 2 is 2.10 bits per heavy atom. The van der Waals surface area contributed by atoms with Crippen molar-refractivity contribution in [1.29, 1.82) is 0 Å². The van der Waals surface area contributed by atoms with E-state index in [0.717, 1.165) is 44.0 Å². The summed E-state index contributed by atoms with van der Waals surface area (Å²) in [5.41, 5.74) is 0. The Balaban J connectivity index is 1.92. The highest BCUT2D eigenvalue weighted by Gasteiger charge is 2.28. The lowest BCUT2D eigenvalue weighted by Gasteiger charge is -2.28. The van der Waals surface area contributed by atoms with Gasteiger partial charge in [0.1, 0.15) is 11.6 Å². The summed E-state index contributed by atoms with van der Waals surface area (Å²) in [6, 6.07) is 0. The van der Waals surface area contributed by atoms with Gasteiger partial charge in [-0.15, -0.1) is 0 Å². The quantitative estimate of drug-likeness (QED) is 0.696. The third kappa shape index (κ3) is 4.98. The largest absolute Gasteiger partial charge is 0.379 e. The summed E-state index contributed by atoms with van der Waals surface area (Å²) in [6.45, 7) is 5.89. The molecule has 2 rings (SSSR count). The molecule has 120 valence electrons. The van der Waals surface area contributed by atoms with Gasteiger partial charge in [0.15, 0.2) is 0 Å². The van der Waals surface area contributed by atoms with E-state index in [-0.39, 0.29) is 0 Å². The maximum atomic E-state index is 12.3. The van der Waals surface area contributed by atoms with Gasteiger partial charge in [0.05, 0.1) is 19.4 Å². The van der Waals surface area contributed by atoms with Gasteiger partial charge >= 0.3 is 10.1 Å². The summed E-state index contributed by atoms with van der Waals surface area (Å²) in [7, 11) is -3.64. The molecule has 2 heterocycles. The predicted molar refractivity (Wildman–Crippen MR) is 78.3 cm³/mol. The van der Waals surface area contributed by atoms with Gasteiger partial charge < -0.3 is 4.74 Å². The Kier molecular flexibility index (Phi) is 6.01. The van der Waals surface area contributed by atoms with E-state index in [1.165, 1.54) is 18.7 Å². The maximum Gasteiger partial charge on any atom is 0.330 e. The van der Waals surface area contributed by atoms with Crippen LogP contribution >= 0.6 is 0 Å². The number of nitrogens with zero attached hydrogens (tertiary/aromatic N) is 3. The lowest BCUT2D eigenvalue weighted by atomic mass is 10.2. The normalized spacial score (nSPS) is 18.5. The van der Waals surface area contributed by atoms with Crippen molar-refractivity contribution in [3.8, 4) is 0 Å². The van der Waals surface area contributed by atoms with Crippen molar-refractivity contribution >= 4 is 10.1 Å². The van der Waals surface area contributed by atoms with E-state index in [2.05, 4.69) is 9.88 Å². The Morgan fingerprint density at radius 1 is 1.33 bits per heavy atom. The molecule has 0 radical (unpaired) electrons. The van der Waals surface area contributed by atoms with Crippen molar-refractivity contribution in [3.63, 3.8) is 0 Å². The molecule has 0 saturated carbocycles. The van der Waals surface area contributed by atoms with Crippen LogP contribution in [-0.2, 0) is 14.9 Å². The molecule has 1 atom stereocenters. The van der Waals surface area contributed by atoms with Crippen LogP contribution in [0.3, 0.4) is 0 Å². The van der Waals surface area contributed by atoms with Crippen LogP contribution in [0, 0.1) is 0 Å². The van der Waals surface area contributed by atoms with Gasteiger partial charge in [0.2, 0.25) is 0 Å². The minimum Gasteiger partial charge on any atom is -0.379 e. The Labute approximate surface area is 125 Å². The molecular formula is C13H23N3O4S. The van der Waals surface area contributed by atoms with Gasteiger partial charge in [-0.05, 0) is 19.4 Å². The fourth-order valence-corrected chi connectivity index (χ4v) is 3.75. The molecule has 21 heavy (non-hydrogen) atoms. The van der Waals surface area contributed by atoms with Crippen LogP contribution in [0.2, 0.25) is 0 Å². The van der Waals surface area contributed by atoms with Crippen molar-refractivity contribution in [3.05, 3.63) is 18.7 Å². The molecule has 0 aromatic carbocycles. The first-order chi connectivity index (χ1) is 10.1. The fraction of sp³-hybridized carbons (Fsp3) is 0.769. The summed E-state index contributed by atoms with van der Waals surface area (Å²) in [4.78, 5) is 6.02. The van der Waals surface area contributed by atoms with Gasteiger partial charge in [0.25, 0.3) is 0 Å². The zero-order chi connectivity index (χ0) is 15.1. The maximum absolute atomic E-state index is 12.3. The minimum absolute atomic E-state index is 0.493. The van der Waals surface area contributed by atoms with Gasteiger partial charge in [-0.25, -0.2) is 4.98 Å². The van der Waals surface area contributed by atoms with Gasteiger partial charge in [-0.2, -0.15) is 13.1 Å². The van der Waals surface area contributed by atoms with Crippen molar-refractivity contribution in [2.45, 2.75) is 31.4 Å². The molecule has 8 heteroatoms. The van der Waals surface area contributed by atoms with E-state index in [4.69, 9.17) is 9.02 Å². The summed E-state index contributed by atoms with van der Waals surface area (Å²) in [5.74, 6) is 0. The first-order valence-electron chi connectivity index (χ1n) is 7.33. The number of hydrogen-bond donors (Lipinski definition) is 0. The van der Waals surface area contributed by atoms with E-state index in [1.54, 1.807) is 0 Å². The van der Waals surface area contributed by atoms with E-state index in [9.17, 15) is 8.42 Å². The van der Waals surface area contributed by atoms with Crippen LogP contribution in [0.5, 0.6) is 0 Å². The third-order valence-electron chi connectivity index (χ3n) is 3.56. The minimum atomic E-state index is -3.64. The van der Waals surface area contributed by atoms with Gasteiger partial charge in [0, 0.05) is 19.3 Å². The lowest BCUT2D eigenvalue weighted by Crippen LogP contribution is -2.39. The highest BCUT2D eigenvalue weighted by atomic mass is 32.2. The molecule has 1 fully saturated rings. The lowest BCUT2D eigenvalue weighted by molar-refractivity contribution is 0.0371. The van der Waals surface area contributed by atoms with E-state index in [0.29, 0.717) is 12.8 Å². The van der Waals surface area contributed by atoms with Crippen molar-refractivity contribution in [2.75, 3.05) is 32.8 Å². The van der Waals surface area contributed by atoms with E-state index in [1.807, 2.05) is 6.92 Å². The number of imidazole rings is 1. The van der Waals surface area contributed by atoms with Crippen LogP contribution in [0.1, 0.15) is 26.2 Å². The zero-order valence-electron chi connectivity index (χ0n) is 12.3. The molecule has 1 aliphatic heterocycles. The van der Waals surface area contributed by atoms with Crippen LogP contribution < -0.4 is 4.28 Å². The number of morpholine rings is 1. The second-order valence-electron chi connectivity index (χ2n) is 5.14. The molecule has 1 aromatic heterocycles. The van der Waals surface area contributed by atoms with Crippen molar-refractivity contribution in [1.82, 2.24) is 14.6 Å². The molecular weight excluding hydrogens is 294 g/mol. The van der Waals surface area contributed by atoms with Crippen molar-refractivity contribution in [2.24, 2.45) is 0 Å². The Hall–Kier alpha value is -1.12. The third-order valence-corrected chi connectivity index (χ3v) is 5.23. The number of rotatable bonds is 8. The summed E-state index contributed by atoms with van der Waals surface area (Å²) >= 11 is 0. The molecule has 0 aliphatic carbocycles. The second kappa shape index (κ2) is 7.77. The highest BCUT2D eigenvalue weighted by Crippen LogP contribution is 2.14. The van der Waals surface area contributed by atoms with Gasteiger partial charge in [-0.1, -0.05) is 13.3 Å². The summed E-state index contributed by atoms with van der Waals surface area (Å²) < 4.78 is 36.2. The second-order valence-corrected chi connectivity index (χ2v) is 6.94. The number of ether oxygens (including phenoxy) is 1.